The van der Waals surface area contributed by atoms with Gasteiger partial charge in [0, 0.05) is 28.3 Å². The van der Waals surface area contributed by atoms with Crippen molar-refractivity contribution in [2.45, 2.75) is 30.3 Å². The number of ether oxygens (including phenoxy) is 1. The van der Waals surface area contributed by atoms with Crippen molar-refractivity contribution >= 4 is 16.6 Å². The average molecular weight is 755 g/mol. The molecule has 1 aliphatic heterocycles. The van der Waals surface area contributed by atoms with Gasteiger partial charge in [-0.15, -0.1) is 0 Å². The number of allylic oxidation sites excluding steroid dienone is 6. The van der Waals surface area contributed by atoms with Crippen LogP contribution in [-0.4, -0.2) is 15.7 Å². The van der Waals surface area contributed by atoms with E-state index >= 15 is 0 Å². The van der Waals surface area contributed by atoms with E-state index < -0.39 is 0 Å². The molecule has 0 bridgehead atoms. The maximum atomic E-state index is 6.80. The summed E-state index contributed by atoms with van der Waals surface area (Å²) in [5.41, 5.74) is 20.7. The molecule has 8 aromatic rings. The molecule has 3 nitrogen and oxygen atoms in total. The van der Waals surface area contributed by atoms with Crippen LogP contribution >= 0.6 is 0 Å². The Bertz CT molecular complexity index is 3210. The summed E-state index contributed by atoms with van der Waals surface area (Å²) in [5.74, 6) is 2.08. The van der Waals surface area contributed by atoms with Gasteiger partial charge in [0.2, 0.25) is 0 Å². The normalized spacial score (nSPS) is 20.0. The summed E-state index contributed by atoms with van der Waals surface area (Å²) in [7, 11) is 0. The first-order chi connectivity index (χ1) is 29.3. The highest BCUT2D eigenvalue weighted by molar-refractivity contribution is 5.98. The van der Waals surface area contributed by atoms with E-state index in [-0.39, 0.29) is 17.4 Å². The van der Waals surface area contributed by atoms with Crippen molar-refractivity contribution in [1.29, 1.82) is 0 Å². The van der Waals surface area contributed by atoms with E-state index in [4.69, 9.17) is 9.72 Å². The SMILES string of the molecule is C1=CC2Oc3c(-c4cc(-c5ccc6c(c5)C5(C7=C(C=CCC7)c7ccccc75)c5ccccc5-6)cc(-c5nc6ccccc6n5-c5ccccc5)c4)cccc3C2C=C1. The lowest BCUT2D eigenvalue weighted by Crippen LogP contribution is -2.27. The molecule has 59 heavy (non-hydrogen) atoms. The molecule has 0 fully saturated rings. The number of aromatic nitrogens is 2. The van der Waals surface area contributed by atoms with Crippen LogP contribution in [0.25, 0.3) is 67.1 Å². The molecule has 5 aliphatic rings. The van der Waals surface area contributed by atoms with Crippen molar-refractivity contribution in [1.82, 2.24) is 9.55 Å². The van der Waals surface area contributed by atoms with Gasteiger partial charge < -0.3 is 4.74 Å². The highest BCUT2D eigenvalue weighted by Gasteiger charge is 2.52. The van der Waals surface area contributed by atoms with Crippen LogP contribution in [0.3, 0.4) is 0 Å². The second-order valence-corrected chi connectivity index (χ2v) is 16.4. The number of para-hydroxylation sites is 4. The minimum atomic E-state index is -0.341. The second kappa shape index (κ2) is 12.4. The van der Waals surface area contributed by atoms with E-state index in [1.54, 1.807) is 0 Å². The largest absolute Gasteiger partial charge is 0.484 e. The summed E-state index contributed by atoms with van der Waals surface area (Å²) in [6, 6.07) is 58.3. The van der Waals surface area contributed by atoms with Crippen molar-refractivity contribution < 1.29 is 4.74 Å². The Morgan fingerprint density at radius 2 is 1.31 bits per heavy atom. The van der Waals surface area contributed by atoms with Crippen molar-refractivity contribution in [3.8, 4) is 56.2 Å². The van der Waals surface area contributed by atoms with Crippen LogP contribution in [0, 0.1) is 0 Å². The number of hydrogen-bond donors (Lipinski definition) is 0. The summed E-state index contributed by atoms with van der Waals surface area (Å²) in [5, 5.41) is 0. The molecule has 0 N–H and O–H groups in total. The summed E-state index contributed by atoms with van der Waals surface area (Å²) in [6.07, 6.45) is 15.5. The minimum absolute atomic E-state index is 0.00117. The fourth-order valence-electron chi connectivity index (χ4n) is 11.0. The maximum absolute atomic E-state index is 6.80. The van der Waals surface area contributed by atoms with Crippen LogP contribution in [0.5, 0.6) is 5.75 Å². The molecule has 4 aliphatic carbocycles. The highest BCUT2D eigenvalue weighted by atomic mass is 16.5. The molecular formula is C56H38N2O. The number of hydrogen-bond acceptors (Lipinski definition) is 2. The molecule has 1 spiro atoms. The van der Waals surface area contributed by atoms with Crippen LogP contribution in [0.2, 0.25) is 0 Å². The monoisotopic (exact) mass is 754 g/mol. The van der Waals surface area contributed by atoms with Crippen LogP contribution in [0.15, 0.2) is 200 Å². The number of nitrogens with zero attached hydrogens (tertiary/aromatic N) is 2. The molecular weight excluding hydrogens is 717 g/mol. The zero-order valence-electron chi connectivity index (χ0n) is 32.3. The van der Waals surface area contributed by atoms with Crippen molar-refractivity contribution in [2.75, 3.05) is 0 Å². The quantitative estimate of drug-likeness (QED) is 0.179. The van der Waals surface area contributed by atoms with Gasteiger partial charge in [0.1, 0.15) is 17.7 Å². The molecule has 3 unspecified atom stereocenters. The first-order valence-corrected chi connectivity index (χ1v) is 20.8. The summed E-state index contributed by atoms with van der Waals surface area (Å²) >= 11 is 0. The predicted molar refractivity (Wildman–Crippen MR) is 240 cm³/mol. The Morgan fingerprint density at radius 1 is 0.576 bits per heavy atom. The Kier molecular flexibility index (Phi) is 6.89. The van der Waals surface area contributed by atoms with Crippen LogP contribution in [0.1, 0.15) is 46.6 Å². The molecule has 3 heteroatoms. The molecule has 3 atom stereocenters. The van der Waals surface area contributed by atoms with Crippen molar-refractivity contribution in [3.05, 3.63) is 228 Å². The smallest absolute Gasteiger partial charge is 0.145 e. The van der Waals surface area contributed by atoms with E-state index in [2.05, 4.69) is 199 Å². The predicted octanol–water partition coefficient (Wildman–Crippen LogP) is 13.4. The Hall–Kier alpha value is -7.23. The third kappa shape index (κ3) is 4.56. The van der Waals surface area contributed by atoms with Gasteiger partial charge in [-0.3, -0.25) is 4.57 Å². The Labute approximate surface area is 343 Å². The van der Waals surface area contributed by atoms with E-state index in [1.807, 2.05) is 0 Å². The first kappa shape index (κ1) is 32.8. The van der Waals surface area contributed by atoms with Gasteiger partial charge in [-0.05, 0) is 129 Å². The average Bonchev–Trinajstić information content (AvgIpc) is 4.04. The van der Waals surface area contributed by atoms with Gasteiger partial charge in [0.15, 0.2) is 0 Å². The lowest BCUT2D eigenvalue weighted by atomic mass is 9.68. The van der Waals surface area contributed by atoms with Gasteiger partial charge in [0.05, 0.1) is 16.4 Å². The minimum Gasteiger partial charge on any atom is -0.484 e. The van der Waals surface area contributed by atoms with Gasteiger partial charge >= 0.3 is 0 Å². The molecule has 0 amide bonds. The van der Waals surface area contributed by atoms with Crippen molar-refractivity contribution in [2.24, 2.45) is 0 Å². The number of benzene rings is 7. The third-order valence-corrected chi connectivity index (χ3v) is 13.4. The van der Waals surface area contributed by atoms with Crippen molar-refractivity contribution in [3.63, 3.8) is 0 Å². The molecule has 2 heterocycles. The van der Waals surface area contributed by atoms with Crippen LogP contribution < -0.4 is 4.74 Å². The Balaban J connectivity index is 1.07. The zero-order chi connectivity index (χ0) is 38.7. The maximum Gasteiger partial charge on any atom is 0.145 e. The highest BCUT2D eigenvalue weighted by Crippen LogP contribution is 2.64. The molecule has 7 aromatic carbocycles. The molecule has 13 rings (SSSR count). The first-order valence-electron chi connectivity index (χ1n) is 20.8. The standard InChI is InChI=1S/C56H38N2O/c1-2-15-39(16-3-1)58-52-27-12-11-26-51(52)57-55(58)38-32-36(31-37(33-38)40-21-14-22-46-45-20-7-13-28-53(45)59-54(40)46)35-29-30-44-43-19-6-10-25-49(43)56(50(44)34-35)47-23-8-4-17-41(47)42-18-5-9-24-48(42)56/h1-8,10-23,25-34,45,53H,9,24H2. The second-order valence-electron chi connectivity index (χ2n) is 16.4. The van der Waals surface area contributed by atoms with Gasteiger partial charge in [0.25, 0.3) is 0 Å². The molecule has 0 radical (unpaired) electrons. The fraction of sp³-hybridized carbons (Fsp3) is 0.0893. The summed E-state index contributed by atoms with van der Waals surface area (Å²) in [4.78, 5) is 5.37. The van der Waals surface area contributed by atoms with Crippen LogP contribution in [0.4, 0.5) is 0 Å². The van der Waals surface area contributed by atoms with Crippen LogP contribution in [-0.2, 0) is 5.41 Å². The lowest BCUT2D eigenvalue weighted by Gasteiger charge is -2.33. The molecule has 1 aromatic heterocycles. The van der Waals surface area contributed by atoms with Gasteiger partial charge in [-0.1, -0.05) is 140 Å². The lowest BCUT2D eigenvalue weighted by molar-refractivity contribution is 0.270. The van der Waals surface area contributed by atoms with E-state index in [0.717, 1.165) is 63.4 Å². The van der Waals surface area contributed by atoms with Gasteiger partial charge in [-0.2, -0.15) is 0 Å². The third-order valence-electron chi connectivity index (χ3n) is 13.4. The molecule has 0 saturated carbocycles. The molecule has 278 valence electrons. The summed E-state index contributed by atoms with van der Waals surface area (Å²) in [6.45, 7) is 0. The zero-order valence-corrected chi connectivity index (χ0v) is 32.3. The number of rotatable bonds is 4. The molecule has 0 saturated heterocycles. The van der Waals surface area contributed by atoms with Gasteiger partial charge in [-0.25, -0.2) is 4.98 Å². The van der Waals surface area contributed by atoms with E-state index in [0.29, 0.717) is 0 Å². The summed E-state index contributed by atoms with van der Waals surface area (Å²) < 4.78 is 9.11. The fourth-order valence-corrected chi connectivity index (χ4v) is 11.0. The topological polar surface area (TPSA) is 27.1 Å². The number of imidazole rings is 1. The Morgan fingerprint density at radius 3 is 2.22 bits per heavy atom. The number of fused-ring (bicyclic) bond motifs is 13. The van der Waals surface area contributed by atoms with E-state index in [9.17, 15) is 0 Å². The van der Waals surface area contributed by atoms with E-state index in [1.165, 1.54) is 55.7 Å².